The van der Waals surface area contributed by atoms with E-state index in [0.717, 1.165) is 6.08 Å². The summed E-state index contributed by atoms with van der Waals surface area (Å²) in [5, 5.41) is 5.40. The van der Waals surface area contributed by atoms with Crippen LogP contribution in [0.3, 0.4) is 0 Å². The molecule has 1 N–H and O–H groups in total. The highest BCUT2D eigenvalue weighted by atomic mass is 19.4. The lowest BCUT2D eigenvalue weighted by Crippen LogP contribution is -2.30. The van der Waals surface area contributed by atoms with Crippen LogP contribution in [-0.2, 0) is 16.1 Å². The number of halogens is 3. The smallest absolute Gasteiger partial charge is 0.414 e. The number of benzene rings is 1. The van der Waals surface area contributed by atoms with Gasteiger partial charge in [0.2, 0.25) is 6.08 Å². The van der Waals surface area contributed by atoms with Gasteiger partial charge in [0.1, 0.15) is 5.75 Å². The fraction of sp³-hybridized carbons (Fsp3) is 0.462. The molecule has 0 amide bonds. The number of nitrogens with one attached hydrogen (secondary N) is 1. The highest BCUT2D eigenvalue weighted by Gasteiger charge is 2.39. The van der Waals surface area contributed by atoms with Gasteiger partial charge in [0, 0.05) is 0 Å². The van der Waals surface area contributed by atoms with Crippen molar-refractivity contribution in [3.63, 3.8) is 0 Å². The number of methoxy groups -OCH3 is 1. The predicted molar refractivity (Wildman–Crippen MR) is 66.3 cm³/mol. The van der Waals surface area contributed by atoms with Crippen molar-refractivity contribution in [2.24, 2.45) is 0 Å². The third-order valence-corrected chi connectivity index (χ3v) is 2.35. The minimum absolute atomic E-state index is 0.0536. The van der Waals surface area contributed by atoms with Crippen LogP contribution in [0.4, 0.5) is 13.2 Å². The van der Waals surface area contributed by atoms with E-state index in [1.54, 1.807) is 24.3 Å². The van der Waals surface area contributed by atoms with E-state index in [1.807, 2.05) is 0 Å². The van der Waals surface area contributed by atoms with Crippen molar-refractivity contribution in [1.29, 1.82) is 5.41 Å². The third-order valence-electron chi connectivity index (χ3n) is 2.35. The molecule has 0 fully saturated rings. The standard InChI is InChI=1S/C12H15F3O2.CHNO/c1-3-11(12(13,14)15)17-8-9-4-6-10(16-2)7-5-9;2-1-3/h4-7,11H,3,8H2,1-2H3;2H. The molecule has 1 rings (SSSR count). The van der Waals surface area contributed by atoms with Gasteiger partial charge in [-0.1, -0.05) is 19.1 Å². The summed E-state index contributed by atoms with van der Waals surface area (Å²) in [7, 11) is 1.53. The number of ether oxygens (including phenoxy) is 2. The number of hydrogen-bond acceptors (Lipinski definition) is 4. The average Bonchev–Trinajstić information content (AvgIpc) is 2.39. The highest BCUT2D eigenvalue weighted by molar-refractivity contribution is 5.26. The van der Waals surface area contributed by atoms with Gasteiger partial charge in [-0.25, -0.2) is 10.2 Å². The van der Waals surface area contributed by atoms with E-state index in [9.17, 15) is 13.2 Å². The van der Waals surface area contributed by atoms with Crippen LogP contribution < -0.4 is 4.74 Å². The molecule has 0 saturated carbocycles. The minimum Gasteiger partial charge on any atom is -0.497 e. The molecule has 0 aromatic heterocycles. The molecule has 0 heterocycles. The number of alkyl halides is 3. The van der Waals surface area contributed by atoms with Crippen LogP contribution in [0, 0.1) is 5.41 Å². The first-order chi connectivity index (χ1) is 9.38. The number of carbonyl (C=O) groups excluding carboxylic acids is 1. The van der Waals surface area contributed by atoms with Crippen molar-refractivity contribution in [2.45, 2.75) is 32.2 Å². The van der Waals surface area contributed by atoms with Crippen molar-refractivity contribution in [3.8, 4) is 5.75 Å². The molecule has 1 aromatic rings. The van der Waals surface area contributed by atoms with Gasteiger partial charge >= 0.3 is 6.18 Å². The summed E-state index contributed by atoms with van der Waals surface area (Å²) in [6.07, 6.45) is -5.34. The molecule has 4 nitrogen and oxygen atoms in total. The summed E-state index contributed by atoms with van der Waals surface area (Å²) < 4.78 is 47.0. The summed E-state index contributed by atoms with van der Waals surface area (Å²) in [5.41, 5.74) is 0.688. The van der Waals surface area contributed by atoms with Gasteiger partial charge in [-0.2, -0.15) is 13.2 Å². The van der Waals surface area contributed by atoms with Gasteiger partial charge in [0.15, 0.2) is 6.10 Å². The Balaban J connectivity index is 0.00000110. The van der Waals surface area contributed by atoms with Crippen molar-refractivity contribution < 1.29 is 27.4 Å². The second-order valence-corrected chi connectivity index (χ2v) is 3.70. The number of hydrogen-bond donors (Lipinski definition) is 1. The molecular formula is C13H16F3NO3. The van der Waals surface area contributed by atoms with E-state index in [4.69, 9.17) is 19.7 Å². The molecule has 1 aromatic carbocycles. The van der Waals surface area contributed by atoms with Gasteiger partial charge in [0.25, 0.3) is 0 Å². The van der Waals surface area contributed by atoms with Gasteiger partial charge in [-0.15, -0.1) is 0 Å². The van der Waals surface area contributed by atoms with Crippen LogP contribution in [0.1, 0.15) is 18.9 Å². The van der Waals surface area contributed by atoms with E-state index in [-0.39, 0.29) is 13.0 Å². The Hall–Kier alpha value is -1.85. The quantitative estimate of drug-likeness (QED) is 0.667. The molecular weight excluding hydrogens is 275 g/mol. The zero-order valence-corrected chi connectivity index (χ0v) is 11.2. The summed E-state index contributed by atoms with van der Waals surface area (Å²) >= 11 is 0. The first-order valence-electron chi connectivity index (χ1n) is 5.74. The van der Waals surface area contributed by atoms with E-state index < -0.39 is 12.3 Å². The fourth-order valence-corrected chi connectivity index (χ4v) is 1.36. The first kappa shape index (κ1) is 18.1. The molecule has 112 valence electrons. The van der Waals surface area contributed by atoms with E-state index in [0.29, 0.717) is 11.3 Å². The Morgan fingerprint density at radius 3 is 2.15 bits per heavy atom. The maximum absolute atomic E-state index is 12.4. The molecule has 0 aliphatic rings. The zero-order valence-electron chi connectivity index (χ0n) is 11.2. The second-order valence-electron chi connectivity index (χ2n) is 3.70. The molecule has 20 heavy (non-hydrogen) atoms. The van der Waals surface area contributed by atoms with Gasteiger partial charge in [-0.05, 0) is 24.1 Å². The van der Waals surface area contributed by atoms with E-state index in [2.05, 4.69) is 0 Å². The predicted octanol–water partition coefficient (Wildman–Crippen LogP) is 3.45. The van der Waals surface area contributed by atoms with Crippen molar-refractivity contribution in [3.05, 3.63) is 29.8 Å². The normalized spacial score (nSPS) is 11.8. The molecule has 0 aliphatic carbocycles. The fourth-order valence-electron chi connectivity index (χ4n) is 1.36. The minimum atomic E-state index is -4.30. The van der Waals surface area contributed by atoms with Crippen molar-refractivity contribution in [2.75, 3.05) is 7.11 Å². The van der Waals surface area contributed by atoms with Crippen molar-refractivity contribution >= 4 is 6.08 Å². The number of isocyanates is 1. The molecule has 0 spiro atoms. The maximum Gasteiger partial charge on any atom is 0.414 e. The van der Waals surface area contributed by atoms with E-state index in [1.165, 1.54) is 14.0 Å². The summed E-state index contributed by atoms with van der Waals surface area (Å²) in [6, 6.07) is 6.74. The van der Waals surface area contributed by atoms with Crippen LogP contribution in [-0.4, -0.2) is 25.5 Å². The molecule has 0 saturated heterocycles. The van der Waals surface area contributed by atoms with Gasteiger partial charge in [0.05, 0.1) is 13.7 Å². The Bertz CT molecular complexity index is 412. The second kappa shape index (κ2) is 9.12. The third kappa shape index (κ3) is 6.92. The molecule has 0 radical (unpaired) electrons. The molecule has 0 aliphatic heterocycles. The lowest BCUT2D eigenvalue weighted by molar-refractivity contribution is -0.224. The summed E-state index contributed by atoms with van der Waals surface area (Å²) in [5.74, 6) is 0.664. The Morgan fingerprint density at radius 1 is 1.30 bits per heavy atom. The Labute approximate surface area is 115 Å². The lowest BCUT2D eigenvalue weighted by atomic mass is 10.2. The van der Waals surface area contributed by atoms with E-state index >= 15 is 0 Å². The van der Waals surface area contributed by atoms with Crippen LogP contribution in [0.5, 0.6) is 5.75 Å². The summed E-state index contributed by atoms with van der Waals surface area (Å²) in [4.78, 5) is 8.35. The molecule has 7 heteroatoms. The Kier molecular flexibility index (Phi) is 8.27. The van der Waals surface area contributed by atoms with Crippen LogP contribution in [0.15, 0.2) is 24.3 Å². The highest BCUT2D eigenvalue weighted by Crippen LogP contribution is 2.26. The SMILES string of the molecule is CCC(OCc1ccc(OC)cc1)C(F)(F)F.N=C=O. The molecule has 0 bridgehead atoms. The van der Waals surface area contributed by atoms with Crippen LogP contribution >= 0.6 is 0 Å². The monoisotopic (exact) mass is 291 g/mol. The largest absolute Gasteiger partial charge is 0.497 e. The maximum atomic E-state index is 12.4. The van der Waals surface area contributed by atoms with Gasteiger partial charge < -0.3 is 9.47 Å². The van der Waals surface area contributed by atoms with Crippen LogP contribution in [0.25, 0.3) is 0 Å². The Morgan fingerprint density at radius 2 is 1.80 bits per heavy atom. The summed E-state index contributed by atoms with van der Waals surface area (Å²) in [6.45, 7) is 1.40. The average molecular weight is 291 g/mol. The van der Waals surface area contributed by atoms with Crippen LogP contribution in [0.2, 0.25) is 0 Å². The molecule has 1 atom stereocenters. The van der Waals surface area contributed by atoms with Gasteiger partial charge in [-0.3, -0.25) is 0 Å². The zero-order chi connectivity index (χ0) is 15.6. The first-order valence-corrected chi connectivity index (χ1v) is 5.74. The van der Waals surface area contributed by atoms with Crippen molar-refractivity contribution in [1.82, 2.24) is 0 Å². The molecule has 1 unspecified atom stereocenters. The lowest BCUT2D eigenvalue weighted by Gasteiger charge is -2.19. The number of rotatable bonds is 5. The topological polar surface area (TPSA) is 59.4 Å².